The van der Waals surface area contributed by atoms with E-state index in [2.05, 4.69) is 21.3 Å². The van der Waals surface area contributed by atoms with Gasteiger partial charge in [0.25, 0.3) is 0 Å². The molecule has 0 saturated carbocycles. The van der Waals surface area contributed by atoms with Gasteiger partial charge in [-0.2, -0.15) is 0 Å². The van der Waals surface area contributed by atoms with Crippen LogP contribution >= 0.6 is 0 Å². The quantitative estimate of drug-likeness (QED) is 0.0966. The summed E-state index contributed by atoms with van der Waals surface area (Å²) >= 11 is 0. The van der Waals surface area contributed by atoms with E-state index in [0.717, 1.165) is 5.56 Å². The number of carbonyl (C=O) groups excluding carboxylic acids is 6. The molecule has 0 bridgehead atoms. The highest BCUT2D eigenvalue weighted by Gasteiger charge is 2.38. The lowest BCUT2D eigenvalue weighted by Gasteiger charge is -2.30. The normalized spacial score (nSPS) is 17.0. The maximum absolute atomic E-state index is 14.0. The van der Waals surface area contributed by atoms with E-state index in [9.17, 15) is 39.0 Å². The van der Waals surface area contributed by atoms with E-state index in [-0.39, 0.29) is 49.8 Å². The molecule has 1 aliphatic heterocycles. The van der Waals surface area contributed by atoms with Gasteiger partial charge >= 0.3 is 0 Å². The standard InChI is InChI=1S/C38H55N7O8/c1-22(2)17-28(43-37(52)30(41-34(49)27(39)21-46)19-24-9-6-5-7-10-24)35(50)42-29(18-23(3)4)36(51)44-31(20-25-12-14-26(47)15-13-25)38(53)45-16-8-11-32(45)33(40)48/h5-7,9-10,12-15,22-23,27-32,46-47H,8,11,16-21,39H2,1-4H3,(H2,40,48)(H,41,49)(H,42,50)(H,43,52)(H,44,51)/t27-,28-,29-,30-,31-,32-/m0/s1. The predicted molar refractivity (Wildman–Crippen MR) is 198 cm³/mol. The van der Waals surface area contributed by atoms with Gasteiger partial charge < -0.3 is 47.8 Å². The molecule has 0 unspecified atom stereocenters. The first-order valence-corrected chi connectivity index (χ1v) is 18.1. The number of hydrogen-bond donors (Lipinski definition) is 8. The zero-order valence-corrected chi connectivity index (χ0v) is 30.9. The zero-order valence-electron chi connectivity index (χ0n) is 30.9. The minimum atomic E-state index is -1.26. The Morgan fingerprint density at radius 3 is 1.70 bits per heavy atom. The third-order valence-electron chi connectivity index (χ3n) is 8.98. The molecule has 0 spiro atoms. The average Bonchev–Trinajstić information content (AvgIpc) is 3.61. The number of hydrogen-bond acceptors (Lipinski definition) is 9. The van der Waals surface area contributed by atoms with Crippen LogP contribution < -0.4 is 32.7 Å². The summed E-state index contributed by atoms with van der Waals surface area (Å²) in [6.07, 6.45) is 1.48. The monoisotopic (exact) mass is 737 g/mol. The molecule has 10 N–H and O–H groups in total. The van der Waals surface area contributed by atoms with E-state index in [1.165, 1.54) is 17.0 Å². The van der Waals surface area contributed by atoms with Gasteiger partial charge in [-0.25, -0.2) is 0 Å². The third-order valence-corrected chi connectivity index (χ3v) is 8.98. The molecule has 53 heavy (non-hydrogen) atoms. The molecular weight excluding hydrogens is 682 g/mol. The molecule has 290 valence electrons. The van der Waals surface area contributed by atoms with Gasteiger partial charge in [0.05, 0.1) is 6.61 Å². The highest BCUT2D eigenvalue weighted by Crippen LogP contribution is 2.20. The van der Waals surface area contributed by atoms with Gasteiger partial charge in [-0.05, 0) is 60.8 Å². The molecular formula is C38H55N7O8. The van der Waals surface area contributed by atoms with Crippen molar-refractivity contribution in [1.29, 1.82) is 0 Å². The van der Waals surface area contributed by atoms with Crippen LogP contribution in [0.5, 0.6) is 5.75 Å². The van der Waals surface area contributed by atoms with Crippen LogP contribution in [-0.2, 0) is 41.6 Å². The summed E-state index contributed by atoms with van der Waals surface area (Å²) in [6, 6.07) is 8.53. The number of nitrogens with zero attached hydrogens (tertiary/aromatic N) is 1. The number of phenolic OH excluding ortho intramolecular Hbond substituents is 1. The minimum Gasteiger partial charge on any atom is -0.508 e. The number of phenols is 1. The lowest BCUT2D eigenvalue weighted by molar-refractivity contribution is -0.141. The molecule has 1 fully saturated rings. The van der Waals surface area contributed by atoms with Gasteiger partial charge in [-0.1, -0.05) is 70.2 Å². The Morgan fingerprint density at radius 2 is 1.19 bits per heavy atom. The van der Waals surface area contributed by atoms with Crippen LogP contribution in [0, 0.1) is 11.8 Å². The molecule has 6 amide bonds. The van der Waals surface area contributed by atoms with Crippen molar-refractivity contribution in [3.05, 3.63) is 65.7 Å². The summed E-state index contributed by atoms with van der Waals surface area (Å²) in [5.74, 6) is -3.94. The first-order chi connectivity index (χ1) is 25.1. The first-order valence-electron chi connectivity index (χ1n) is 18.1. The first kappa shape index (κ1) is 42.4. The summed E-state index contributed by atoms with van der Waals surface area (Å²) < 4.78 is 0. The Kier molecular flexibility index (Phi) is 16.2. The van der Waals surface area contributed by atoms with E-state index < -0.39 is 78.3 Å². The van der Waals surface area contributed by atoms with Crippen molar-refractivity contribution >= 4 is 35.4 Å². The number of nitrogens with one attached hydrogen (secondary N) is 4. The number of benzene rings is 2. The molecule has 3 rings (SSSR count). The second-order valence-electron chi connectivity index (χ2n) is 14.4. The fourth-order valence-electron chi connectivity index (χ4n) is 6.24. The van der Waals surface area contributed by atoms with Crippen molar-refractivity contribution in [2.75, 3.05) is 13.2 Å². The summed E-state index contributed by atoms with van der Waals surface area (Å²) in [5, 5.41) is 30.1. The van der Waals surface area contributed by atoms with Crippen molar-refractivity contribution in [3.63, 3.8) is 0 Å². The third kappa shape index (κ3) is 13.2. The lowest BCUT2D eigenvalue weighted by atomic mass is 9.98. The molecule has 2 aromatic carbocycles. The highest BCUT2D eigenvalue weighted by atomic mass is 16.3. The van der Waals surface area contributed by atoms with Crippen LogP contribution in [-0.4, -0.2) is 100.0 Å². The topological polar surface area (TPSA) is 246 Å². The molecule has 15 heteroatoms. The molecule has 15 nitrogen and oxygen atoms in total. The SMILES string of the molecule is CC(C)C[C@H](NC(=O)[C@H](Cc1ccccc1)NC(=O)[C@@H](N)CO)C(=O)N[C@@H](CC(C)C)C(=O)N[C@@H](Cc1ccc(O)cc1)C(=O)N1CCC[C@H]1C(N)=O. The van der Waals surface area contributed by atoms with Crippen LogP contribution in [0.25, 0.3) is 0 Å². The number of nitrogens with two attached hydrogens (primary N) is 2. The van der Waals surface area contributed by atoms with Gasteiger partial charge in [0.1, 0.15) is 42.0 Å². The van der Waals surface area contributed by atoms with E-state index >= 15 is 0 Å². The van der Waals surface area contributed by atoms with Gasteiger partial charge in [0.15, 0.2) is 0 Å². The Morgan fingerprint density at radius 1 is 0.717 bits per heavy atom. The van der Waals surface area contributed by atoms with Crippen molar-refractivity contribution in [1.82, 2.24) is 26.2 Å². The second kappa shape index (κ2) is 20.3. The van der Waals surface area contributed by atoms with Gasteiger partial charge in [0.2, 0.25) is 35.4 Å². The van der Waals surface area contributed by atoms with Crippen molar-refractivity contribution in [2.45, 2.75) is 102 Å². The Labute approximate surface area is 310 Å². The zero-order chi connectivity index (χ0) is 39.2. The Balaban J connectivity index is 1.86. The van der Waals surface area contributed by atoms with Crippen molar-refractivity contribution in [3.8, 4) is 5.75 Å². The molecule has 0 aliphatic carbocycles. The smallest absolute Gasteiger partial charge is 0.246 e. The van der Waals surface area contributed by atoms with E-state index in [1.54, 1.807) is 42.5 Å². The molecule has 1 aliphatic rings. The Bertz CT molecular complexity index is 1550. The van der Waals surface area contributed by atoms with E-state index in [1.807, 2.05) is 27.7 Å². The largest absolute Gasteiger partial charge is 0.508 e. The van der Waals surface area contributed by atoms with Gasteiger partial charge in [0, 0.05) is 19.4 Å². The molecule has 2 aromatic rings. The number of primary amides is 1. The van der Waals surface area contributed by atoms with Crippen molar-refractivity contribution in [2.24, 2.45) is 23.3 Å². The van der Waals surface area contributed by atoms with Crippen LogP contribution in [0.1, 0.15) is 64.5 Å². The minimum absolute atomic E-state index is 0.0271. The van der Waals surface area contributed by atoms with Gasteiger partial charge in [-0.3, -0.25) is 28.8 Å². The van der Waals surface area contributed by atoms with Gasteiger partial charge in [-0.15, -0.1) is 0 Å². The number of aliphatic hydroxyl groups is 1. The molecule has 6 atom stereocenters. The molecule has 1 heterocycles. The molecule has 0 radical (unpaired) electrons. The summed E-state index contributed by atoms with van der Waals surface area (Å²) in [4.78, 5) is 81.7. The highest BCUT2D eigenvalue weighted by molar-refractivity contribution is 5.97. The summed E-state index contributed by atoms with van der Waals surface area (Å²) in [6.45, 7) is 7.13. The van der Waals surface area contributed by atoms with E-state index in [4.69, 9.17) is 11.5 Å². The van der Waals surface area contributed by atoms with Crippen LogP contribution in [0.15, 0.2) is 54.6 Å². The lowest BCUT2D eigenvalue weighted by Crippen LogP contribution is -2.60. The maximum atomic E-state index is 14.0. The van der Waals surface area contributed by atoms with Crippen LogP contribution in [0.2, 0.25) is 0 Å². The number of amides is 6. The fourth-order valence-corrected chi connectivity index (χ4v) is 6.24. The number of rotatable bonds is 19. The summed E-state index contributed by atoms with van der Waals surface area (Å²) in [7, 11) is 0. The van der Waals surface area contributed by atoms with E-state index in [0.29, 0.717) is 18.4 Å². The molecule has 1 saturated heterocycles. The number of likely N-dealkylation sites (tertiary alicyclic amines) is 1. The van der Waals surface area contributed by atoms with Crippen LogP contribution in [0.3, 0.4) is 0 Å². The maximum Gasteiger partial charge on any atom is 0.246 e. The predicted octanol–water partition coefficient (Wildman–Crippen LogP) is 0.00470. The molecule has 0 aromatic heterocycles. The number of aliphatic hydroxyl groups excluding tert-OH is 1. The second-order valence-corrected chi connectivity index (χ2v) is 14.4. The summed E-state index contributed by atoms with van der Waals surface area (Å²) in [5.41, 5.74) is 12.7. The average molecular weight is 738 g/mol. The fraction of sp³-hybridized carbons (Fsp3) is 0.526. The Hall–Kier alpha value is -5.02. The van der Waals surface area contributed by atoms with Crippen molar-refractivity contribution < 1.29 is 39.0 Å². The number of carbonyl (C=O) groups is 6. The van der Waals surface area contributed by atoms with Crippen LogP contribution in [0.4, 0.5) is 0 Å². The number of aromatic hydroxyl groups is 1.